The molecule has 0 unspecified atom stereocenters. The van der Waals surface area contributed by atoms with Crippen LogP contribution in [0.25, 0.3) is 27.6 Å². The highest BCUT2D eigenvalue weighted by molar-refractivity contribution is 6.16. The molecule has 0 amide bonds. The third-order valence-corrected chi connectivity index (χ3v) is 5.37. The zero-order valence-corrected chi connectivity index (χ0v) is 16.1. The van der Waals surface area contributed by atoms with E-state index in [1.54, 1.807) is 0 Å². The monoisotopic (exact) mass is 371 g/mol. The maximum Gasteiger partial charge on any atom is 0.0540 e. The molecule has 0 saturated carbocycles. The van der Waals surface area contributed by atoms with Gasteiger partial charge in [0.25, 0.3) is 0 Å². The molecule has 0 heterocycles. The number of hydrogen-bond donors (Lipinski definition) is 0. The van der Waals surface area contributed by atoms with Crippen molar-refractivity contribution in [3.05, 3.63) is 121 Å². The van der Waals surface area contributed by atoms with Crippen LogP contribution in [0.5, 0.6) is 0 Å². The molecule has 1 heteroatoms. The Morgan fingerprint density at radius 3 is 1.93 bits per heavy atom. The number of anilines is 3. The first-order valence-corrected chi connectivity index (χ1v) is 9.84. The van der Waals surface area contributed by atoms with Crippen LogP contribution in [0, 0.1) is 0 Å². The van der Waals surface area contributed by atoms with Crippen molar-refractivity contribution in [2.24, 2.45) is 0 Å². The fraction of sp³-hybridized carbons (Fsp3) is 0. The van der Waals surface area contributed by atoms with Gasteiger partial charge >= 0.3 is 0 Å². The van der Waals surface area contributed by atoms with E-state index in [4.69, 9.17) is 0 Å². The largest absolute Gasteiger partial charge is 0.310 e. The van der Waals surface area contributed by atoms with Gasteiger partial charge < -0.3 is 4.90 Å². The summed E-state index contributed by atoms with van der Waals surface area (Å²) < 4.78 is 0. The van der Waals surface area contributed by atoms with Gasteiger partial charge in [0.05, 0.1) is 5.69 Å². The first-order valence-electron chi connectivity index (χ1n) is 9.84. The van der Waals surface area contributed by atoms with E-state index in [9.17, 15) is 0 Å². The molecule has 0 spiro atoms. The van der Waals surface area contributed by atoms with Gasteiger partial charge in [-0.05, 0) is 51.7 Å². The van der Waals surface area contributed by atoms with Crippen LogP contribution in [0.1, 0.15) is 0 Å². The first kappa shape index (κ1) is 17.3. The lowest BCUT2D eigenvalue weighted by atomic mass is 9.97. The third kappa shape index (κ3) is 2.97. The fourth-order valence-corrected chi connectivity index (χ4v) is 4.12. The average Bonchev–Trinajstić information content (AvgIpc) is 2.78. The molecular weight excluding hydrogens is 350 g/mol. The maximum atomic E-state index is 3.88. The van der Waals surface area contributed by atoms with Crippen LogP contribution in [0.2, 0.25) is 0 Å². The van der Waals surface area contributed by atoms with E-state index < -0.39 is 0 Å². The highest BCUT2D eigenvalue weighted by Gasteiger charge is 2.16. The van der Waals surface area contributed by atoms with Crippen LogP contribution in [-0.4, -0.2) is 0 Å². The van der Waals surface area contributed by atoms with Crippen LogP contribution in [-0.2, 0) is 0 Å². The minimum absolute atomic E-state index is 1.15. The summed E-state index contributed by atoms with van der Waals surface area (Å²) in [5.41, 5.74) is 3.47. The van der Waals surface area contributed by atoms with E-state index in [0.29, 0.717) is 0 Å². The van der Waals surface area contributed by atoms with Crippen LogP contribution in [0.3, 0.4) is 0 Å². The Labute approximate surface area is 170 Å². The minimum Gasteiger partial charge on any atom is -0.310 e. The lowest BCUT2D eigenvalue weighted by Crippen LogP contribution is -2.11. The average molecular weight is 371 g/mol. The molecule has 0 N–H and O–H groups in total. The molecular formula is C28H21N. The summed E-state index contributed by atoms with van der Waals surface area (Å²) in [4.78, 5) is 2.33. The molecule has 5 aromatic rings. The smallest absolute Gasteiger partial charge is 0.0540 e. The van der Waals surface area contributed by atoms with Crippen LogP contribution < -0.4 is 10.1 Å². The Hall–Kier alpha value is -3.84. The Bertz CT molecular complexity index is 1310. The highest BCUT2D eigenvalue weighted by Crippen LogP contribution is 2.40. The number of benzene rings is 5. The van der Waals surface area contributed by atoms with Gasteiger partial charge in [-0.2, -0.15) is 0 Å². The SMILES string of the molecule is C=C/C=c1/ccc2c(N(c3ccccc3)c3ccccc3)ccc3cccc1c32. The van der Waals surface area contributed by atoms with Crippen molar-refractivity contribution < 1.29 is 0 Å². The molecule has 1 nitrogen and oxygen atoms in total. The molecule has 0 aromatic heterocycles. The van der Waals surface area contributed by atoms with Crippen molar-refractivity contribution >= 4 is 44.7 Å². The number of allylic oxidation sites excluding steroid dienone is 1. The first-order chi connectivity index (χ1) is 14.4. The maximum absolute atomic E-state index is 3.88. The summed E-state index contributed by atoms with van der Waals surface area (Å²) >= 11 is 0. The van der Waals surface area contributed by atoms with Gasteiger partial charge in [0.2, 0.25) is 0 Å². The number of hydrogen-bond acceptors (Lipinski definition) is 1. The fourth-order valence-electron chi connectivity index (χ4n) is 4.12. The van der Waals surface area contributed by atoms with Crippen molar-refractivity contribution in [2.75, 3.05) is 4.90 Å². The van der Waals surface area contributed by atoms with Gasteiger partial charge in [0.15, 0.2) is 0 Å². The van der Waals surface area contributed by atoms with E-state index in [2.05, 4.69) is 121 Å². The molecule has 0 aliphatic heterocycles. The van der Waals surface area contributed by atoms with Crippen LogP contribution >= 0.6 is 0 Å². The number of nitrogens with zero attached hydrogens (tertiary/aromatic N) is 1. The topological polar surface area (TPSA) is 3.24 Å². The van der Waals surface area contributed by atoms with Crippen LogP contribution in [0.15, 0.2) is 116 Å². The summed E-state index contributed by atoms with van der Waals surface area (Å²) in [7, 11) is 0. The molecule has 0 saturated heterocycles. The minimum atomic E-state index is 1.15. The Morgan fingerprint density at radius 1 is 0.586 bits per heavy atom. The van der Waals surface area contributed by atoms with Gasteiger partial charge in [0, 0.05) is 16.8 Å². The molecule has 0 radical (unpaired) electrons. The number of rotatable bonds is 4. The summed E-state index contributed by atoms with van der Waals surface area (Å²) in [5, 5.41) is 6.23. The van der Waals surface area contributed by atoms with E-state index in [-0.39, 0.29) is 0 Å². The van der Waals surface area contributed by atoms with Crippen LogP contribution in [0.4, 0.5) is 17.1 Å². The molecule has 0 fully saturated rings. The highest BCUT2D eigenvalue weighted by atomic mass is 15.1. The quantitative estimate of drug-likeness (QED) is 0.324. The van der Waals surface area contributed by atoms with Gasteiger partial charge in [-0.15, -0.1) is 0 Å². The standard InChI is InChI=1S/C28H21N/c1-2-10-21-17-19-26-27(20-18-22-11-9-16-25(21)28(22)26)29(23-12-5-3-6-13-23)24-14-7-4-8-15-24/h2-20H,1H2/b21-10-. The Balaban J connectivity index is 1.87. The van der Waals surface area contributed by atoms with E-state index in [1.165, 1.54) is 32.5 Å². The van der Waals surface area contributed by atoms with Gasteiger partial charge in [0.1, 0.15) is 0 Å². The number of para-hydroxylation sites is 2. The molecule has 0 aliphatic rings. The second-order valence-electron chi connectivity index (χ2n) is 7.10. The second kappa shape index (κ2) is 7.29. The second-order valence-corrected chi connectivity index (χ2v) is 7.10. The van der Waals surface area contributed by atoms with E-state index in [1.807, 2.05) is 6.08 Å². The normalized spacial score (nSPS) is 11.8. The molecule has 138 valence electrons. The molecule has 0 aliphatic carbocycles. The van der Waals surface area contributed by atoms with Gasteiger partial charge in [-0.25, -0.2) is 0 Å². The third-order valence-electron chi connectivity index (χ3n) is 5.37. The molecule has 5 rings (SSSR count). The Kier molecular flexibility index (Phi) is 4.34. The zero-order valence-electron chi connectivity index (χ0n) is 16.1. The molecule has 29 heavy (non-hydrogen) atoms. The van der Waals surface area contributed by atoms with Crippen molar-refractivity contribution in [2.45, 2.75) is 0 Å². The molecule has 0 bridgehead atoms. The van der Waals surface area contributed by atoms with Crippen molar-refractivity contribution in [1.82, 2.24) is 0 Å². The summed E-state index contributed by atoms with van der Waals surface area (Å²) in [6, 6.07) is 36.5. The summed E-state index contributed by atoms with van der Waals surface area (Å²) in [6.07, 6.45) is 3.93. The predicted molar refractivity (Wildman–Crippen MR) is 126 cm³/mol. The lowest BCUT2D eigenvalue weighted by molar-refractivity contribution is 1.30. The van der Waals surface area contributed by atoms with Crippen molar-refractivity contribution in [3.63, 3.8) is 0 Å². The predicted octanol–water partition coefficient (Wildman–Crippen LogP) is 7.15. The summed E-state index contributed by atoms with van der Waals surface area (Å²) in [6.45, 7) is 3.88. The van der Waals surface area contributed by atoms with Crippen molar-refractivity contribution in [1.29, 1.82) is 0 Å². The molecule has 0 atom stereocenters. The Morgan fingerprint density at radius 2 is 1.28 bits per heavy atom. The van der Waals surface area contributed by atoms with Crippen molar-refractivity contribution in [3.8, 4) is 0 Å². The van der Waals surface area contributed by atoms with Gasteiger partial charge in [-0.3, -0.25) is 0 Å². The van der Waals surface area contributed by atoms with Gasteiger partial charge in [-0.1, -0.05) is 91.5 Å². The lowest BCUT2D eigenvalue weighted by Gasteiger charge is -2.27. The summed E-state index contributed by atoms with van der Waals surface area (Å²) in [5.74, 6) is 0. The van der Waals surface area contributed by atoms with E-state index >= 15 is 0 Å². The molecule has 5 aromatic carbocycles. The van der Waals surface area contributed by atoms with E-state index in [0.717, 1.165) is 11.4 Å². The zero-order chi connectivity index (χ0) is 19.6.